The van der Waals surface area contributed by atoms with Gasteiger partial charge in [0.25, 0.3) is 0 Å². The van der Waals surface area contributed by atoms with Crippen LogP contribution in [0.15, 0.2) is 48.5 Å². The fraction of sp³-hybridized carbons (Fsp3) is 0.0667. The van der Waals surface area contributed by atoms with E-state index < -0.39 is 5.97 Å². The maximum absolute atomic E-state index is 11.1. The smallest absolute Gasteiger partial charge is 0.337 e. The van der Waals surface area contributed by atoms with Gasteiger partial charge >= 0.3 is 5.97 Å². The Kier molecular flexibility index (Phi) is 3.92. The number of aromatic carboxylic acids is 1. The van der Waals surface area contributed by atoms with Gasteiger partial charge in [-0.15, -0.1) is 0 Å². The molecule has 0 heterocycles. The van der Waals surface area contributed by atoms with Gasteiger partial charge in [-0.1, -0.05) is 48.6 Å². The molecule has 0 radical (unpaired) electrons. The summed E-state index contributed by atoms with van der Waals surface area (Å²) < 4.78 is 0. The fourth-order valence-electron chi connectivity index (χ4n) is 1.80. The Labute approximate surface area is 116 Å². The number of nitrogens with one attached hydrogen (secondary N) is 1. The van der Waals surface area contributed by atoms with Gasteiger partial charge in [0.1, 0.15) is 4.99 Å². The van der Waals surface area contributed by atoms with E-state index in [0.29, 0.717) is 10.7 Å². The van der Waals surface area contributed by atoms with Crippen molar-refractivity contribution in [2.24, 2.45) is 0 Å². The number of rotatable bonds is 3. The second kappa shape index (κ2) is 5.63. The van der Waals surface area contributed by atoms with Gasteiger partial charge in [-0.3, -0.25) is 0 Å². The minimum absolute atomic E-state index is 0.207. The van der Waals surface area contributed by atoms with Crippen molar-refractivity contribution in [1.29, 1.82) is 0 Å². The zero-order valence-electron chi connectivity index (χ0n) is 10.4. The molecular formula is C15H13NO2S. The van der Waals surface area contributed by atoms with Crippen molar-refractivity contribution < 1.29 is 9.90 Å². The van der Waals surface area contributed by atoms with E-state index in [9.17, 15) is 4.79 Å². The van der Waals surface area contributed by atoms with Crippen molar-refractivity contribution in [2.75, 3.05) is 5.32 Å². The summed E-state index contributed by atoms with van der Waals surface area (Å²) in [5, 5.41) is 12.1. The number of benzene rings is 2. The second-order valence-electron chi connectivity index (χ2n) is 4.12. The van der Waals surface area contributed by atoms with Crippen molar-refractivity contribution in [2.45, 2.75) is 6.92 Å². The molecule has 0 amide bonds. The predicted molar refractivity (Wildman–Crippen MR) is 79.9 cm³/mol. The Morgan fingerprint density at radius 2 is 1.63 bits per heavy atom. The molecule has 4 heteroatoms. The van der Waals surface area contributed by atoms with E-state index in [0.717, 1.165) is 11.1 Å². The topological polar surface area (TPSA) is 49.3 Å². The SMILES string of the molecule is Cc1ccccc1C(=S)Nc1ccccc1C(=O)O. The summed E-state index contributed by atoms with van der Waals surface area (Å²) in [7, 11) is 0. The lowest BCUT2D eigenvalue weighted by Gasteiger charge is -2.12. The molecule has 2 aromatic rings. The first-order valence-electron chi connectivity index (χ1n) is 5.79. The minimum Gasteiger partial charge on any atom is -0.478 e. The number of thiocarbonyl (C=S) groups is 1. The van der Waals surface area contributed by atoms with Crippen LogP contribution >= 0.6 is 12.2 Å². The van der Waals surface area contributed by atoms with Gasteiger partial charge in [0.05, 0.1) is 11.3 Å². The maximum Gasteiger partial charge on any atom is 0.337 e. The first kappa shape index (κ1) is 13.2. The van der Waals surface area contributed by atoms with Crippen molar-refractivity contribution >= 4 is 28.9 Å². The standard InChI is InChI=1S/C15H13NO2S/c1-10-6-2-3-7-11(10)14(19)16-13-9-5-4-8-12(13)15(17)18/h2-9H,1H3,(H,16,19)(H,17,18). The lowest BCUT2D eigenvalue weighted by Crippen LogP contribution is -2.14. The molecule has 0 aliphatic heterocycles. The van der Waals surface area contributed by atoms with Crippen LogP contribution in [0.5, 0.6) is 0 Å². The molecule has 2 rings (SSSR count). The van der Waals surface area contributed by atoms with Crippen LogP contribution in [0.1, 0.15) is 21.5 Å². The number of carboxylic acids is 1. The number of carboxylic acid groups (broad SMARTS) is 1. The van der Waals surface area contributed by atoms with Crippen LogP contribution < -0.4 is 5.32 Å². The van der Waals surface area contributed by atoms with Crippen LogP contribution in [0.4, 0.5) is 5.69 Å². The second-order valence-corrected chi connectivity index (χ2v) is 4.53. The Morgan fingerprint density at radius 3 is 2.26 bits per heavy atom. The third-order valence-electron chi connectivity index (χ3n) is 2.80. The van der Waals surface area contributed by atoms with Gasteiger partial charge in [-0.05, 0) is 24.6 Å². The van der Waals surface area contributed by atoms with E-state index in [2.05, 4.69) is 5.32 Å². The summed E-state index contributed by atoms with van der Waals surface area (Å²) in [6, 6.07) is 14.4. The van der Waals surface area contributed by atoms with Gasteiger partial charge in [-0.25, -0.2) is 4.79 Å². The van der Waals surface area contributed by atoms with Crippen molar-refractivity contribution in [3.8, 4) is 0 Å². The molecule has 0 saturated carbocycles. The van der Waals surface area contributed by atoms with Crippen molar-refractivity contribution in [3.05, 3.63) is 65.2 Å². The summed E-state index contributed by atoms with van der Waals surface area (Å²) in [6.45, 7) is 1.96. The molecule has 0 aliphatic carbocycles. The molecule has 0 aromatic heterocycles. The lowest BCUT2D eigenvalue weighted by atomic mass is 10.1. The molecule has 96 valence electrons. The average molecular weight is 271 g/mol. The zero-order chi connectivity index (χ0) is 13.8. The van der Waals surface area contributed by atoms with Gasteiger partial charge in [-0.2, -0.15) is 0 Å². The van der Waals surface area contributed by atoms with Crippen molar-refractivity contribution in [3.63, 3.8) is 0 Å². The average Bonchev–Trinajstić information content (AvgIpc) is 2.39. The maximum atomic E-state index is 11.1. The highest BCUT2D eigenvalue weighted by Crippen LogP contribution is 2.17. The Bertz CT molecular complexity index is 638. The van der Waals surface area contributed by atoms with E-state index in [-0.39, 0.29) is 5.56 Å². The Morgan fingerprint density at radius 1 is 1.05 bits per heavy atom. The molecule has 0 saturated heterocycles. The highest BCUT2D eigenvalue weighted by Gasteiger charge is 2.11. The molecule has 0 fully saturated rings. The summed E-state index contributed by atoms with van der Waals surface area (Å²) in [5.41, 5.74) is 2.66. The molecule has 0 bridgehead atoms. The first-order valence-corrected chi connectivity index (χ1v) is 6.19. The quantitative estimate of drug-likeness (QED) is 0.839. The van der Waals surface area contributed by atoms with E-state index in [1.165, 1.54) is 0 Å². The number of hydrogen-bond donors (Lipinski definition) is 2. The molecule has 0 aliphatic rings. The number of carbonyl (C=O) groups is 1. The van der Waals surface area contributed by atoms with Crippen LogP contribution in [0.3, 0.4) is 0 Å². The molecule has 2 N–H and O–H groups in total. The Hall–Kier alpha value is -2.20. The third-order valence-corrected chi connectivity index (χ3v) is 3.12. The normalized spacial score (nSPS) is 9.95. The van der Waals surface area contributed by atoms with Crippen LogP contribution in [-0.4, -0.2) is 16.1 Å². The summed E-state index contributed by atoms with van der Waals surface area (Å²) in [6.07, 6.45) is 0. The zero-order valence-corrected chi connectivity index (χ0v) is 11.2. The van der Waals surface area contributed by atoms with Gasteiger partial charge in [0, 0.05) is 5.56 Å². The molecule has 0 atom stereocenters. The lowest BCUT2D eigenvalue weighted by molar-refractivity contribution is 0.0698. The number of hydrogen-bond acceptors (Lipinski definition) is 2. The Balaban J connectivity index is 2.30. The highest BCUT2D eigenvalue weighted by atomic mass is 32.1. The van der Waals surface area contributed by atoms with Gasteiger partial charge in [0.2, 0.25) is 0 Å². The predicted octanol–water partition coefficient (Wildman–Crippen LogP) is 3.48. The molecule has 0 spiro atoms. The van der Waals surface area contributed by atoms with Crippen LogP contribution in [0.25, 0.3) is 0 Å². The first-order chi connectivity index (χ1) is 9.09. The van der Waals surface area contributed by atoms with Crippen LogP contribution in [0, 0.1) is 6.92 Å². The van der Waals surface area contributed by atoms with Crippen molar-refractivity contribution in [1.82, 2.24) is 0 Å². The molecule has 2 aromatic carbocycles. The van der Waals surface area contributed by atoms with Gasteiger partial charge in [0.15, 0.2) is 0 Å². The highest BCUT2D eigenvalue weighted by molar-refractivity contribution is 7.81. The van der Waals surface area contributed by atoms with Crippen LogP contribution in [0.2, 0.25) is 0 Å². The largest absolute Gasteiger partial charge is 0.478 e. The summed E-state index contributed by atoms with van der Waals surface area (Å²) in [5.74, 6) is -0.976. The molecular weight excluding hydrogens is 258 g/mol. The number of aryl methyl sites for hydroxylation is 1. The van der Waals surface area contributed by atoms with Gasteiger partial charge < -0.3 is 10.4 Å². The van der Waals surface area contributed by atoms with E-state index in [1.54, 1.807) is 24.3 Å². The third kappa shape index (κ3) is 2.98. The fourth-order valence-corrected chi connectivity index (χ4v) is 2.13. The summed E-state index contributed by atoms with van der Waals surface area (Å²) >= 11 is 5.33. The minimum atomic E-state index is -0.976. The molecule has 0 unspecified atom stereocenters. The number of anilines is 1. The van der Waals surface area contributed by atoms with Crippen LogP contribution in [-0.2, 0) is 0 Å². The van der Waals surface area contributed by atoms with E-state index in [1.807, 2.05) is 31.2 Å². The molecule has 19 heavy (non-hydrogen) atoms. The molecule has 3 nitrogen and oxygen atoms in total. The van der Waals surface area contributed by atoms with E-state index >= 15 is 0 Å². The summed E-state index contributed by atoms with van der Waals surface area (Å²) in [4.78, 5) is 11.6. The number of para-hydroxylation sites is 1. The monoisotopic (exact) mass is 271 g/mol. The van der Waals surface area contributed by atoms with E-state index in [4.69, 9.17) is 17.3 Å².